The van der Waals surface area contributed by atoms with Crippen LogP contribution in [0.1, 0.15) is 50.5 Å². The Balaban J connectivity index is 1.79. The molecule has 21 heavy (non-hydrogen) atoms. The summed E-state index contributed by atoms with van der Waals surface area (Å²) in [6.45, 7) is 9.09. The van der Waals surface area contributed by atoms with Crippen LogP contribution in [-0.2, 0) is 6.54 Å². The second-order valence-electron chi connectivity index (χ2n) is 7.93. The van der Waals surface area contributed by atoms with E-state index in [2.05, 4.69) is 30.7 Å². The van der Waals surface area contributed by atoms with E-state index < -0.39 is 0 Å². The molecule has 1 saturated carbocycles. The third-order valence-electron chi connectivity index (χ3n) is 4.92. The number of amides is 1. The first kappa shape index (κ1) is 14.6. The van der Waals surface area contributed by atoms with Crippen molar-refractivity contribution in [3.8, 4) is 0 Å². The second-order valence-corrected chi connectivity index (χ2v) is 7.93. The standard InChI is InChI=1S/C16H26N4O/c1-15(2)6-12-7-16(3,9-15)10-20(12)14(21)13-8-19(5-4-17)11-18-13/h8,11-12H,4-7,9-10,17H2,1-3H3. The molecule has 5 nitrogen and oxygen atoms in total. The van der Waals surface area contributed by atoms with Crippen molar-refractivity contribution >= 4 is 5.91 Å². The third-order valence-corrected chi connectivity index (χ3v) is 4.92. The van der Waals surface area contributed by atoms with E-state index in [1.807, 2.05) is 10.8 Å². The summed E-state index contributed by atoms with van der Waals surface area (Å²) >= 11 is 0. The lowest BCUT2D eigenvalue weighted by Gasteiger charge is -2.39. The van der Waals surface area contributed by atoms with Crippen molar-refractivity contribution in [1.82, 2.24) is 14.5 Å². The molecule has 5 heteroatoms. The first-order chi connectivity index (χ1) is 9.82. The molecule has 3 rings (SSSR count). The highest BCUT2D eigenvalue weighted by atomic mass is 16.2. The number of hydrogen-bond acceptors (Lipinski definition) is 3. The van der Waals surface area contributed by atoms with Crippen molar-refractivity contribution in [2.45, 2.75) is 52.6 Å². The molecule has 0 radical (unpaired) electrons. The molecule has 2 unspecified atom stereocenters. The first-order valence-corrected chi connectivity index (χ1v) is 7.85. The summed E-state index contributed by atoms with van der Waals surface area (Å²) in [6.07, 6.45) is 6.95. The highest BCUT2D eigenvalue weighted by Gasteiger charge is 2.51. The number of rotatable bonds is 3. The maximum absolute atomic E-state index is 12.8. The van der Waals surface area contributed by atoms with Crippen LogP contribution in [0, 0.1) is 10.8 Å². The third kappa shape index (κ3) is 2.71. The molecule has 0 aromatic carbocycles. The Morgan fingerprint density at radius 3 is 2.90 bits per heavy atom. The quantitative estimate of drug-likeness (QED) is 0.924. The van der Waals surface area contributed by atoms with Gasteiger partial charge >= 0.3 is 0 Å². The monoisotopic (exact) mass is 290 g/mol. The Morgan fingerprint density at radius 2 is 2.19 bits per heavy atom. The van der Waals surface area contributed by atoms with E-state index in [4.69, 9.17) is 5.73 Å². The predicted octanol–water partition coefficient (Wildman–Crippen LogP) is 1.88. The van der Waals surface area contributed by atoms with Gasteiger partial charge in [-0.05, 0) is 30.1 Å². The van der Waals surface area contributed by atoms with Crippen LogP contribution >= 0.6 is 0 Å². The number of carbonyl (C=O) groups is 1. The van der Waals surface area contributed by atoms with Gasteiger partial charge in [-0.1, -0.05) is 20.8 Å². The largest absolute Gasteiger partial charge is 0.335 e. The highest BCUT2D eigenvalue weighted by Crippen LogP contribution is 2.52. The van der Waals surface area contributed by atoms with Crippen molar-refractivity contribution in [2.75, 3.05) is 13.1 Å². The van der Waals surface area contributed by atoms with Crippen LogP contribution in [0.5, 0.6) is 0 Å². The molecule has 0 spiro atoms. The zero-order chi connectivity index (χ0) is 15.3. The van der Waals surface area contributed by atoms with Crippen LogP contribution in [0.4, 0.5) is 0 Å². The molecule has 2 aliphatic rings. The minimum atomic E-state index is 0.0807. The maximum atomic E-state index is 12.8. The number of nitrogens with two attached hydrogens (primary N) is 1. The number of likely N-dealkylation sites (tertiary alicyclic amines) is 1. The van der Waals surface area contributed by atoms with Gasteiger partial charge in [-0.3, -0.25) is 4.79 Å². The molecule has 1 aliphatic carbocycles. The molecule has 1 aromatic heterocycles. The SMILES string of the molecule is CC1(C)CC2CC(C)(CN2C(=O)c2cn(CCN)cn2)C1. The van der Waals surface area contributed by atoms with Gasteiger partial charge in [-0.2, -0.15) is 0 Å². The Labute approximate surface area is 126 Å². The fraction of sp³-hybridized carbons (Fsp3) is 0.750. The predicted molar refractivity (Wildman–Crippen MR) is 81.8 cm³/mol. The van der Waals surface area contributed by atoms with E-state index in [1.165, 1.54) is 6.42 Å². The van der Waals surface area contributed by atoms with Crippen molar-refractivity contribution in [2.24, 2.45) is 16.6 Å². The molecule has 2 heterocycles. The van der Waals surface area contributed by atoms with Gasteiger partial charge in [-0.15, -0.1) is 0 Å². The summed E-state index contributed by atoms with van der Waals surface area (Å²) in [7, 11) is 0. The first-order valence-electron chi connectivity index (χ1n) is 7.85. The molecule has 1 aliphatic heterocycles. The summed E-state index contributed by atoms with van der Waals surface area (Å²) in [5, 5.41) is 0. The van der Waals surface area contributed by atoms with Crippen LogP contribution in [0.3, 0.4) is 0 Å². The summed E-state index contributed by atoms with van der Waals surface area (Å²) in [5.74, 6) is 0.0807. The Hall–Kier alpha value is -1.36. The molecule has 1 amide bonds. The molecule has 2 N–H and O–H groups in total. The van der Waals surface area contributed by atoms with Gasteiger partial charge in [-0.25, -0.2) is 4.98 Å². The Morgan fingerprint density at radius 1 is 1.43 bits per heavy atom. The van der Waals surface area contributed by atoms with Gasteiger partial charge in [0, 0.05) is 31.9 Å². The molecule has 2 bridgehead atoms. The fourth-order valence-corrected chi connectivity index (χ4v) is 4.59. The van der Waals surface area contributed by atoms with Crippen molar-refractivity contribution in [3.63, 3.8) is 0 Å². The summed E-state index contributed by atoms with van der Waals surface area (Å²) in [4.78, 5) is 19.1. The summed E-state index contributed by atoms with van der Waals surface area (Å²) in [5.41, 5.74) is 6.69. The van der Waals surface area contributed by atoms with Crippen molar-refractivity contribution in [1.29, 1.82) is 0 Å². The Bertz CT molecular complexity index is 550. The number of fused-ring (bicyclic) bond motifs is 2. The molecule has 2 fully saturated rings. The molecule has 1 aromatic rings. The normalized spacial score (nSPS) is 30.7. The van der Waals surface area contributed by atoms with Gasteiger partial charge in [0.05, 0.1) is 6.33 Å². The average molecular weight is 290 g/mol. The van der Waals surface area contributed by atoms with Gasteiger partial charge in [0.1, 0.15) is 5.69 Å². The zero-order valence-electron chi connectivity index (χ0n) is 13.3. The smallest absolute Gasteiger partial charge is 0.274 e. The summed E-state index contributed by atoms with van der Waals surface area (Å²) < 4.78 is 1.89. The summed E-state index contributed by atoms with van der Waals surface area (Å²) in [6, 6.07) is 0.367. The van der Waals surface area contributed by atoms with Crippen LogP contribution in [0.2, 0.25) is 0 Å². The lowest BCUT2D eigenvalue weighted by molar-refractivity contribution is 0.0702. The maximum Gasteiger partial charge on any atom is 0.274 e. The highest BCUT2D eigenvalue weighted by molar-refractivity contribution is 5.92. The van der Waals surface area contributed by atoms with Gasteiger partial charge in [0.25, 0.3) is 5.91 Å². The van der Waals surface area contributed by atoms with E-state index in [-0.39, 0.29) is 11.3 Å². The van der Waals surface area contributed by atoms with E-state index in [1.54, 1.807) is 6.33 Å². The Kier molecular flexibility index (Phi) is 3.35. The van der Waals surface area contributed by atoms with Crippen LogP contribution in [-0.4, -0.2) is 39.5 Å². The number of imidazole rings is 1. The lowest BCUT2D eigenvalue weighted by atomic mass is 9.65. The topological polar surface area (TPSA) is 64.2 Å². The van der Waals surface area contributed by atoms with Crippen LogP contribution in [0.25, 0.3) is 0 Å². The van der Waals surface area contributed by atoms with Gasteiger partial charge in [0.2, 0.25) is 0 Å². The molecular weight excluding hydrogens is 264 g/mol. The molecule has 116 valence electrons. The fourth-order valence-electron chi connectivity index (χ4n) is 4.59. The van der Waals surface area contributed by atoms with Crippen molar-refractivity contribution in [3.05, 3.63) is 18.2 Å². The molecule has 1 saturated heterocycles. The van der Waals surface area contributed by atoms with E-state index in [0.717, 1.165) is 19.4 Å². The number of carbonyl (C=O) groups excluding carboxylic acids is 1. The van der Waals surface area contributed by atoms with Crippen molar-refractivity contribution < 1.29 is 4.79 Å². The molecular formula is C16H26N4O. The minimum absolute atomic E-state index is 0.0807. The van der Waals surface area contributed by atoms with Crippen LogP contribution in [0.15, 0.2) is 12.5 Å². The lowest BCUT2D eigenvalue weighted by Crippen LogP contribution is -2.37. The van der Waals surface area contributed by atoms with E-state index in [9.17, 15) is 4.79 Å². The number of nitrogens with zero attached hydrogens (tertiary/aromatic N) is 3. The van der Waals surface area contributed by atoms with E-state index >= 15 is 0 Å². The van der Waals surface area contributed by atoms with Gasteiger partial charge in [0.15, 0.2) is 0 Å². The van der Waals surface area contributed by atoms with Crippen LogP contribution < -0.4 is 5.73 Å². The zero-order valence-corrected chi connectivity index (χ0v) is 13.3. The van der Waals surface area contributed by atoms with Gasteiger partial charge < -0.3 is 15.2 Å². The minimum Gasteiger partial charge on any atom is -0.335 e. The second kappa shape index (κ2) is 4.83. The number of aromatic nitrogens is 2. The van der Waals surface area contributed by atoms with E-state index in [0.29, 0.717) is 30.2 Å². The average Bonchev–Trinajstić information content (AvgIpc) is 2.90. The molecule has 2 atom stereocenters. The number of hydrogen-bond donors (Lipinski definition) is 1.